The summed E-state index contributed by atoms with van der Waals surface area (Å²) in [5.74, 6) is -0.0269. The molecule has 0 bridgehead atoms. The minimum atomic E-state index is -0.663. The van der Waals surface area contributed by atoms with Crippen molar-refractivity contribution in [1.82, 2.24) is 4.90 Å². The Hall–Kier alpha value is -0.580. The van der Waals surface area contributed by atoms with Gasteiger partial charge in [0.25, 0.3) is 5.91 Å². The number of hydrogen-bond acceptors (Lipinski definition) is 2. The Bertz CT molecular complexity index is 470. The van der Waals surface area contributed by atoms with E-state index in [0.29, 0.717) is 30.1 Å². The van der Waals surface area contributed by atoms with Gasteiger partial charge in [-0.05, 0) is 44.4 Å². The predicted octanol–water partition coefficient (Wildman–Crippen LogP) is 3.48. The van der Waals surface area contributed by atoms with Gasteiger partial charge in [-0.25, -0.2) is 0 Å². The molecule has 1 saturated heterocycles. The summed E-state index contributed by atoms with van der Waals surface area (Å²) in [6.45, 7) is 3.09. The summed E-state index contributed by atoms with van der Waals surface area (Å²) in [7, 11) is 0. The number of benzene rings is 1. The van der Waals surface area contributed by atoms with Crippen LogP contribution in [0.3, 0.4) is 0 Å². The summed E-state index contributed by atoms with van der Waals surface area (Å²) in [6, 6.07) is 5.21. The molecule has 1 aliphatic rings. The van der Waals surface area contributed by atoms with E-state index in [0.717, 1.165) is 17.3 Å². The minimum Gasteiger partial charge on any atom is -0.390 e. The van der Waals surface area contributed by atoms with Gasteiger partial charge in [0.05, 0.1) is 5.60 Å². The van der Waals surface area contributed by atoms with E-state index in [4.69, 9.17) is 11.6 Å². The highest BCUT2D eigenvalue weighted by molar-refractivity contribution is 9.10. The summed E-state index contributed by atoms with van der Waals surface area (Å²) in [5, 5.41) is 10.6. The third-order valence-corrected chi connectivity index (χ3v) is 4.14. The Balaban J connectivity index is 2.15. The summed E-state index contributed by atoms with van der Waals surface area (Å²) in [6.07, 6.45) is 2.16. The summed E-state index contributed by atoms with van der Waals surface area (Å²) in [5.41, 5.74) is -0.0786. The SMILES string of the molecule is CC1(O)CCCN(C(=O)c2cc(Cl)cc(Br)c2)CC1. The lowest BCUT2D eigenvalue weighted by Crippen LogP contribution is -2.33. The first-order valence-corrected chi connectivity index (χ1v) is 7.52. The van der Waals surface area contributed by atoms with Crippen LogP contribution in [-0.2, 0) is 0 Å². The molecule has 1 atom stereocenters. The van der Waals surface area contributed by atoms with Crippen molar-refractivity contribution < 1.29 is 9.90 Å². The van der Waals surface area contributed by atoms with Gasteiger partial charge in [-0.15, -0.1) is 0 Å². The molecule has 1 fully saturated rings. The van der Waals surface area contributed by atoms with Crippen LogP contribution in [0.4, 0.5) is 0 Å². The van der Waals surface area contributed by atoms with Crippen molar-refractivity contribution in [3.63, 3.8) is 0 Å². The molecule has 1 heterocycles. The van der Waals surface area contributed by atoms with Gasteiger partial charge in [0.1, 0.15) is 0 Å². The largest absolute Gasteiger partial charge is 0.390 e. The van der Waals surface area contributed by atoms with Gasteiger partial charge in [0, 0.05) is 28.1 Å². The molecule has 1 aromatic rings. The summed E-state index contributed by atoms with van der Waals surface area (Å²) in [4.78, 5) is 14.2. The van der Waals surface area contributed by atoms with Crippen molar-refractivity contribution in [3.8, 4) is 0 Å². The average molecular weight is 347 g/mol. The van der Waals surface area contributed by atoms with Gasteiger partial charge >= 0.3 is 0 Å². The molecule has 1 aliphatic heterocycles. The molecule has 1 aromatic carbocycles. The second-order valence-electron chi connectivity index (χ2n) is 5.30. The van der Waals surface area contributed by atoms with Crippen LogP contribution < -0.4 is 0 Å². The molecule has 0 aliphatic carbocycles. The van der Waals surface area contributed by atoms with E-state index in [9.17, 15) is 9.90 Å². The maximum absolute atomic E-state index is 12.4. The number of hydrogen-bond donors (Lipinski definition) is 1. The van der Waals surface area contributed by atoms with E-state index in [1.165, 1.54) is 0 Å². The Morgan fingerprint density at radius 3 is 2.79 bits per heavy atom. The standard InChI is InChI=1S/C14H17BrClNO2/c1-14(19)3-2-5-17(6-4-14)13(18)10-7-11(15)9-12(16)8-10/h7-9,19H,2-6H2,1H3. The lowest BCUT2D eigenvalue weighted by molar-refractivity contribution is 0.0438. The number of halogens is 2. The van der Waals surface area contributed by atoms with Crippen LogP contribution in [0.5, 0.6) is 0 Å². The normalized spacial score (nSPS) is 24.1. The Kier molecular flexibility index (Phi) is 4.54. The van der Waals surface area contributed by atoms with Crippen LogP contribution in [0.25, 0.3) is 0 Å². The van der Waals surface area contributed by atoms with Crippen LogP contribution >= 0.6 is 27.5 Å². The van der Waals surface area contributed by atoms with E-state index >= 15 is 0 Å². The number of amides is 1. The molecule has 104 valence electrons. The third kappa shape index (κ3) is 3.94. The fourth-order valence-corrected chi connectivity index (χ4v) is 3.19. The van der Waals surface area contributed by atoms with Crippen molar-refractivity contribution in [2.45, 2.75) is 31.8 Å². The monoisotopic (exact) mass is 345 g/mol. The fourth-order valence-electron chi connectivity index (χ4n) is 2.33. The lowest BCUT2D eigenvalue weighted by atomic mass is 9.98. The number of rotatable bonds is 1. The Labute approximate surface area is 126 Å². The molecule has 1 unspecified atom stereocenters. The fraction of sp³-hybridized carbons (Fsp3) is 0.500. The van der Waals surface area contributed by atoms with Crippen molar-refractivity contribution in [2.24, 2.45) is 0 Å². The van der Waals surface area contributed by atoms with Gasteiger partial charge in [0.2, 0.25) is 0 Å². The molecule has 0 aromatic heterocycles. The molecular weight excluding hydrogens is 330 g/mol. The highest BCUT2D eigenvalue weighted by Crippen LogP contribution is 2.24. The summed E-state index contributed by atoms with van der Waals surface area (Å²) >= 11 is 9.31. The zero-order valence-electron chi connectivity index (χ0n) is 10.8. The van der Waals surface area contributed by atoms with Crippen LogP contribution in [0.15, 0.2) is 22.7 Å². The second-order valence-corrected chi connectivity index (χ2v) is 6.65. The van der Waals surface area contributed by atoms with Crippen molar-refractivity contribution >= 4 is 33.4 Å². The van der Waals surface area contributed by atoms with Gasteiger partial charge in [-0.1, -0.05) is 27.5 Å². The van der Waals surface area contributed by atoms with E-state index in [-0.39, 0.29) is 5.91 Å². The Morgan fingerprint density at radius 2 is 2.11 bits per heavy atom. The third-order valence-electron chi connectivity index (χ3n) is 3.46. The molecule has 1 amide bonds. The molecule has 3 nitrogen and oxygen atoms in total. The van der Waals surface area contributed by atoms with E-state index < -0.39 is 5.60 Å². The first-order chi connectivity index (χ1) is 8.87. The van der Waals surface area contributed by atoms with Crippen LogP contribution in [0.1, 0.15) is 36.5 Å². The summed E-state index contributed by atoms with van der Waals surface area (Å²) < 4.78 is 0.796. The molecule has 2 rings (SSSR count). The lowest BCUT2D eigenvalue weighted by Gasteiger charge is -2.22. The zero-order valence-corrected chi connectivity index (χ0v) is 13.2. The van der Waals surface area contributed by atoms with Gasteiger partial charge in [-0.2, -0.15) is 0 Å². The second kappa shape index (κ2) is 5.81. The quantitative estimate of drug-likeness (QED) is 0.846. The average Bonchev–Trinajstić information content (AvgIpc) is 2.48. The molecule has 1 N–H and O–H groups in total. The highest BCUT2D eigenvalue weighted by atomic mass is 79.9. The van der Waals surface area contributed by atoms with E-state index in [2.05, 4.69) is 15.9 Å². The molecule has 5 heteroatoms. The smallest absolute Gasteiger partial charge is 0.253 e. The van der Waals surface area contributed by atoms with Crippen LogP contribution in [-0.4, -0.2) is 34.6 Å². The van der Waals surface area contributed by atoms with Crippen LogP contribution in [0.2, 0.25) is 5.02 Å². The maximum Gasteiger partial charge on any atom is 0.253 e. The van der Waals surface area contributed by atoms with Crippen molar-refractivity contribution in [2.75, 3.05) is 13.1 Å². The number of nitrogens with zero attached hydrogens (tertiary/aromatic N) is 1. The van der Waals surface area contributed by atoms with Gasteiger partial charge < -0.3 is 10.0 Å². The van der Waals surface area contributed by atoms with Crippen molar-refractivity contribution in [1.29, 1.82) is 0 Å². The van der Waals surface area contributed by atoms with E-state index in [1.807, 2.05) is 6.92 Å². The maximum atomic E-state index is 12.4. The number of carbonyl (C=O) groups is 1. The zero-order chi connectivity index (χ0) is 14.0. The van der Waals surface area contributed by atoms with Crippen LogP contribution in [0, 0.1) is 0 Å². The topological polar surface area (TPSA) is 40.5 Å². The molecule has 19 heavy (non-hydrogen) atoms. The first kappa shape index (κ1) is 14.8. The molecule has 0 spiro atoms. The Morgan fingerprint density at radius 1 is 1.37 bits per heavy atom. The predicted molar refractivity (Wildman–Crippen MR) is 79.5 cm³/mol. The molecule has 0 saturated carbocycles. The van der Waals surface area contributed by atoms with Gasteiger partial charge in [-0.3, -0.25) is 4.79 Å². The molecule has 0 radical (unpaired) electrons. The first-order valence-electron chi connectivity index (χ1n) is 6.35. The van der Waals surface area contributed by atoms with E-state index in [1.54, 1.807) is 23.1 Å². The molecular formula is C14H17BrClNO2. The highest BCUT2D eigenvalue weighted by Gasteiger charge is 2.27. The number of carbonyl (C=O) groups excluding carboxylic acids is 1. The van der Waals surface area contributed by atoms with Gasteiger partial charge in [0.15, 0.2) is 0 Å². The minimum absolute atomic E-state index is 0.0269. The number of likely N-dealkylation sites (tertiary alicyclic amines) is 1. The van der Waals surface area contributed by atoms with Crippen molar-refractivity contribution in [3.05, 3.63) is 33.3 Å². The number of aliphatic hydroxyl groups is 1.